The van der Waals surface area contributed by atoms with E-state index >= 15 is 0 Å². The Morgan fingerprint density at radius 2 is 1.08 bits per heavy atom. The molecule has 10 aromatic rings. The smallest absolute Gasteiger partial charge is 0.333 e. The van der Waals surface area contributed by atoms with Crippen LogP contribution in [0.5, 0.6) is 0 Å². The summed E-state index contributed by atoms with van der Waals surface area (Å²) in [6, 6.07) is 59.0. The van der Waals surface area contributed by atoms with Crippen molar-refractivity contribution in [3.8, 4) is 27.9 Å². The van der Waals surface area contributed by atoms with Gasteiger partial charge < -0.3 is 9.38 Å². The van der Waals surface area contributed by atoms with Gasteiger partial charge >= 0.3 is 6.85 Å². The van der Waals surface area contributed by atoms with Crippen molar-refractivity contribution in [2.75, 3.05) is 4.81 Å². The minimum atomic E-state index is -0.0111. The van der Waals surface area contributed by atoms with Crippen LogP contribution in [0.15, 0.2) is 146 Å². The molecule has 2 nitrogen and oxygen atoms in total. The maximum atomic E-state index is 2.83. The third-order valence-corrected chi connectivity index (χ3v) is 22.7. The number of anilines is 2. The van der Waals surface area contributed by atoms with Crippen LogP contribution in [0.4, 0.5) is 11.4 Å². The number of benzene rings is 8. The molecule has 8 fully saturated rings. The molecule has 8 aromatic carbocycles. The summed E-state index contributed by atoms with van der Waals surface area (Å²) in [6.45, 7) is 7.05. The first-order valence-electron chi connectivity index (χ1n) is 28.7. The van der Waals surface area contributed by atoms with Gasteiger partial charge in [0.15, 0.2) is 0 Å². The Kier molecular flexibility index (Phi) is 8.22. The summed E-state index contributed by atoms with van der Waals surface area (Å²) in [5, 5.41) is 8.35. The second-order valence-electron chi connectivity index (χ2n) is 27.0. The van der Waals surface area contributed by atoms with E-state index in [1.165, 1.54) is 186 Å². The van der Waals surface area contributed by atoms with Gasteiger partial charge in [0.2, 0.25) is 0 Å². The van der Waals surface area contributed by atoms with Crippen molar-refractivity contribution in [2.45, 2.75) is 114 Å². The van der Waals surface area contributed by atoms with Crippen LogP contribution in [0.25, 0.3) is 80.7 Å². The van der Waals surface area contributed by atoms with Crippen molar-refractivity contribution < 1.29 is 0 Å². The van der Waals surface area contributed by atoms with Crippen LogP contribution in [0.1, 0.15) is 115 Å². The number of nitrogens with zero attached hydrogens (tertiary/aromatic N) is 2. The lowest BCUT2D eigenvalue weighted by Crippen LogP contribution is -2.61. The number of fused-ring (bicyclic) bond motifs is 11. The van der Waals surface area contributed by atoms with Crippen LogP contribution in [-0.2, 0) is 16.2 Å². The minimum absolute atomic E-state index is 0.0111. The number of aromatic nitrogens is 1. The van der Waals surface area contributed by atoms with Crippen molar-refractivity contribution in [2.24, 2.45) is 35.5 Å². The number of hydrogen-bond acceptors (Lipinski definition) is 2. The molecule has 4 heteroatoms. The summed E-state index contributed by atoms with van der Waals surface area (Å²) in [6.07, 6.45) is 17.1. The molecule has 0 N–H and O–H groups in total. The average molecular weight is 975 g/mol. The van der Waals surface area contributed by atoms with E-state index in [9.17, 15) is 0 Å². The Bertz CT molecular complexity index is 4020. The molecule has 20 rings (SSSR count). The van der Waals surface area contributed by atoms with Gasteiger partial charge in [-0.05, 0) is 251 Å². The van der Waals surface area contributed by atoms with E-state index in [0.29, 0.717) is 5.41 Å². The van der Waals surface area contributed by atoms with Crippen LogP contribution in [0.2, 0.25) is 0 Å². The van der Waals surface area contributed by atoms with Crippen molar-refractivity contribution in [1.29, 1.82) is 0 Å². The molecular formula is C70H63BN2S. The van der Waals surface area contributed by atoms with E-state index < -0.39 is 0 Å². The molecular weight excluding hydrogens is 912 g/mol. The highest BCUT2D eigenvalue weighted by Crippen LogP contribution is 2.63. The van der Waals surface area contributed by atoms with Gasteiger partial charge in [0.05, 0.1) is 11.0 Å². The molecule has 0 radical (unpaired) electrons. The second-order valence-corrected chi connectivity index (χ2v) is 28.1. The Hall–Kier alpha value is -6.10. The van der Waals surface area contributed by atoms with Gasteiger partial charge in [-0.25, -0.2) is 0 Å². The zero-order chi connectivity index (χ0) is 48.6. The summed E-state index contributed by atoms with van der Waals surface area (Å²) >= 11 is 1.97. The highest BCUT2D eigenvalue weighted by atomic mass is 32.1. The molecule has 74 heavy (non-hydrogen) atoms. The highest BCUT2D eigenvalue weighted by molar-refractivity contribution is 7.26. The first-order chi connectivity index (χ1) is 36.1. The molecule has 0 amide bonds. The van der Waals surface area contributed by atoms with E-state index in [4.69, 9.17) is 0 Å². The Balaban J connectivity index is 0.967. The second kappa shape index (κ2) is 14.4. The molecule has 362 valence electrons. The SMILES string of the molecule is CC(C)(C)c1ccc(N2B3c4c(cc(-c5ccccc5)cc4-n4c5ccc(C67CC8CC(CC(C8)C6)C7)cc5c5cc(C67CC8CC(CC(C8)C6)C7)cc3c54)-c3cc4c(cc32)sc2cc3ccccc3cc24)cc1. The molecule has 0 unspecified atom stereocenters. The van der Waals surface area contributed by atoms with E-state index in [2.05, 4.69) is 176 Å². The maximum absolute atomic E-state index is 2.83. The molecule has 4 heterocycles. The van der Waals surface area contributed by atoms with Crippen LogP contribution >= 0.6 is 11.3 Å². The largest absolute Gasteiger partial charge is 0.376 e. The molecule has 2 aromatic heterocycles. The predicted octanol–water partition coefficient (Wildman–Crippen LogP) is 17.4. The third-order valence-electron chi connectivity index (χ3n) is 21.5. The zero-order valence-corrected chi connectivity index (χ0v) is 44.0. The molecule has 0 saturated heterocycles. The topological polar surface area (TPSA) is 8.17 Å². The number of rotatable bonds is 4. The molecule has 8 aliphatic carbocycles. The van der Waals surface area contributed by atoms with Gasteiger partial charge in [0, 0.05) is 53.6 Å². The third kappa shape index (κ3) is 5.74. The van der Waals surface area contributed by atoms with Crippen LogP contribution in [0.3, 0.4) is 0 Å². The Morgan fingerprint density at radius 3 is 1.74 bits per heavy atom. The fourth-order valence-electron chi connectivity index (χ4n) is 19.2. The zero-order valence-electron chi connectivity index (χ0n) is 43.2. The quantitative estimate of drug-likeness (QED) is 0.160. The van der Waals surface area contributed by atoms with Gasteiger partial charge in [0.25, 0.3) is 0 Å². The van der Waals surface area contributed by atoms with Gasteiger partial charge in [0.1, 0.15) is 0 Å². The van der Waals surface area contributed by atoms with Crippen LogP contribution in [0, 0.1) is 35.5 Å². The van der Waals surface area contributed by atoms with Gasteiger partial charge in [-0.15, -0.1) is 11.3 Å². The lowest BCUT2D eigenvalue weighted by molar-refractivity contribution is -0.00526. The van der Waals surface area contributed by atoms with E-state index in [-0.39, 0.29) is 17.7 Å². The molecule has 2 aliphatic heterocycles. The molecule has 0 spiro atoms. The molecule has 10 aliphatic rings. The van der Waals surface area contributed by atoms with Crippen molar-refractivity contribution in [3.63, 3.8) is 0 Å². The van der Waals surface area contributed by atoms with Gasteiger partial charge in [-0.1, -0.05) is 99.6 Å². The summed E-state index contributed by atoms with van der Waals surface area (Å²) in [4.78, 5) is 2.83. The van der Waals surface area contributed by atoms with Crippen LogP contribution < -0.4 is 15.7 Å². The minimum Gasteiger partial charge on any atom is -0.376 e. The monoisotopic (exact) mass is 974 g/mol. The lowest BCUT2D eigenvalue weighted by Gasteiger charge is -2.57. The summed E-state index contributed by atoms with van der Waals surface area (Å²) < 4.78 is 5.52. The van der Waals surface area contributed by atoms with Crippen molar-refractivity contribution >= 4 is 93.2 Å². The maximum Gasteiger partial charge on any atom is 0.333 e. The van der Waals surface area contributed by atoms with E-state index in [1.807, 2.05) is 11.3 Å². The fourth-order valence-corrected chi connectivity index (χ4v) is 20.4. The predicted molar refractivity (Wildman–Crippen MR) is 314 cm³/mol. The lowest BCUT2D eigenvalue weighted by atomic mass is 9.42. The fraction of sp³-hybridized carbons (Fsp3) is 0.343. The number of thiophene rings is 1. The van der Waals surface area contributed by atoms with Gasteiger partial charge in [-0.2, -0.15) is 0 Å². The van der Waals surface area contributed by atoms with Crippen molar-refractivity contribution in [3.05, 3.63) is 162 Å². The average Bonchev–Trinajstić information content (AvgIpc) is 4.07. The van der Waals surface area contributed by atoms with Crippen LogP contribution in [-0.4, -0.2) is 11.4 Å². The first-order valence-corrected chi connectivity index (χ1v) is 29.6. The Labute approximate surface area is 439 Å². The first kappa shape index (κ1) is 42.2. The summed E-state index contributed by atoms with van der Waals surface area (Å²) in [7, 11) is 0. The van der Waals surface area contributed by atoms with Crippen molar-refractivity contribution in [1.82, 2.24) is 4.57 Å². The molecule has 8 saturated carbocycles. The summed E-state index contributed by atoms with van der Waals surface area (Å²) in [5.41, 5.74) is 20.4. The number of hydrogen-bond donors (Lipinski definition) is 0. The highest BCUT2D eigenvalue weighted by Gasteiger charge is 2.54. The normalized spacial score (nSPS) is 27.9. The summed E-state index contributed by atoms with van der Waals surface area (Å²) in [5.74, 6) is 5.37. The molecule has 0 atom stereocenters. The Morgan fingerprint density at radius 1 is 0.486 bits per heavy atom. The van der Waals surface area contributed by atoms with E-state index in [0.717, 1.165) is 35.5 Å². The standard InChI is InChI=1S/C70H63BN2S/c1-68(2,3)50-13-16-53(17-14-50)73-62-33-65-57(56-25-47-11-7-8-12-48(47)28-64(56)74-65)32-55(62)58-26-49(46-9-5-4-6-10-46)27-63-66(58)71(73)60-31-52(70-37-43-22-44(38-70)24-45(23-43)39-70)30-59-54-29-51(15-18-61(54)72(63)67(59)60)69-34-40-19-41(35-69)21-42(20-40)36-69/h4-18,25-33,40-45H,19-24,34-39H2,1-3H3. The molecule has 8 bridgehead atoms. The van der Waals surface area contributed by atoms with E-state index in [1.54, 1.807) is 11.1 Å². The van der Waals surface area contributed by atoms with Gasteiger partial charge in [-0.3, -0.25) is 0 Å².